The van der Waals surface area contributed by atoms with Gasteiger partial charge in [0, 0.05) is 17.8 Å². The van der Waals surface area contributed by atoms with E-state index in [1.54, 1.807) is 13.2 Å². The zero-order chi connectivity index (χ0) is 22.0. The van der Waals surface area contributed by atoms with Crippen molar-refractivity contribution in [2.45, 2.75) is 26.3 Å². The molecule has 1 aliphatic heterocycles. The molecule has 1 unspecified atom stereocenters. The summed E-state index contributed by atoms with van der Waals surface area (Å²) in [6.45, 7) is 4.80. The first-order valence-corrected chi connectivity index (χ1v) is 10.5. The first-order valence-electron chi connectivity index (χ1n) is 10.0. The van der Waals surface area contributed by atoms with Crippen molar-refractivity contribution < 1.29 is 13.7 Å². The van der Waals surface area contributed by atoms with Crippen LogP contribution in [-0.2, 0) is 0 Å². The van der Waals surface area contributed by atoms with Gasteiger partial charge in [0.25, 0.3) is 5.89 Å². The van der Waals surface area contributed by atoms with E-state index in [1.165, 1.54) is 12.1 Å². The standard InChI is InChI=1S/C23H23FN4O2S/c1-4-11-28-14(2)19(20(25-23(28)31)15-7-5-9-17(24)12-15)22-26-21(27-30-22)16-8-6-10-18(13-16)29-3/h5-10,12-13,20H,4,11H2,1-3H3,(H,25,31). The minimum atomic E-state index is -0.407. The molecule has 0 saturated heterocycles. The Morgan fingerprint density at radius 2 is 2.03 bits per heavy atom. The minimum Gasteiger partial charge on any atom is -0.497 e. The van der Waals surface area contributed by atoms with Gasteiger partial charge in [0.2, 0.25) is 5.82 Å². The molecule has 3 aromatic rings. The Morgan fingerprint density at radius 3 is 2.77 bits per heavy atom. The smallest absolute Gasteiger partial charge is 0.258 e. The lowest BCUT2D eigenvalue weighted by molar-refractivity contribution is 0.396. The molecule has 0 aliphatic carbocycles. The third-order valence-electron chi connectivity index (χ3n) is 5.21. The van der Waals surface area contributed by atoms with Crippen LogP contribution in [0.25, 0.3) is 17.0 Å². The van der Waals surface area contributed by atoms with Crippen molar-refractivity contribution in [3.8, 4) is 17.1 Å². The van der Waals surface area contributed by atoms with Gasteiger partial charge in [-0.1, -0.05) is 36.3 Å². The molecule has 160 valence electrons. The van der Waals surface area contributed by atoms with Crippen LogP contribution in [0.4, 0.5) is 4.39 Å². The normalized spacial score (nSPS) is 16.5. The molecule has 4 rings (SSSR count). The van der Waals surface area contributed by atoms with E-state index in [0.717, 1.165) is 35.4 Å². The number of aromatic nitrogens is 2. The number of rotatable bonds is 6. The highest BCUT2D eigenvalue weighted by molar-refractivity contribution is 7.80. The minimum absolute atomic E-state index is 0.319. The number of thiocarbonyl (C=S) groups is 1. The fraction of sp³-hybridized carbons (Fsp3) is 0.261. The number of methoxy groups -OCH3 is 1. The fourth-order valence-corrected chi connectivity index (χ4v) is 4.05. The van der Waals surface area contributed by atoms with Gasteiger partial charge in [-0.3, -0.25) is 0 Å². The molecule has 0 fully saturated rings. The molecule has 6 nitrogen and oxygen atoms in total. The summed E-state index contributed by atoms with van der Waals surface area (Å²) in [5, 5.41) is 8.09. The summed E-state index contributed by atoms with van der Waals surface area (Å²) in [6, 6.07) is 13.5. The molecule has 0 bridgehead atoms. The Labute approximate surface area is 185 Å². The molecule has 1 N–H and O–H groups in total. The average Bonchev–Trinajstić information content (AvgIpc) is 3.26. The quantitative estimate of drug-likeness (QED) is 0.546. The van der Waals surface area contributed by atoms with E-state index in [-0.39, 0.29) is 5.82 Å². The monoisotopic (exact) mass is 438 g/mol. The highest BCUT2D eigenvalue weighted by Crippen LogP contribution is 2.37. The van der Waals surface area contributed by atoms with Gasteiger partial charge in [0.15, 0.2) is 5.11 Å². The van der Waals surface area contributed by atoms with Crippen LogP contribution in [-0.4, -0.2) is 33.8 Å². The lowest BCUT2D eigenvalue weighted by Crippen LogP contribution is -2.46. The van der Waals surface area contributed by atoms with Crippen molar-refractivity contribution >= 4 is 22.9 Å². The molecule has 0 spiro atoms. The van der Waals surface area contributed by atoms with Crippen molar-refractivity contribution in [1.82, 2.24) is 20.4 Å². The number of halogens is 1. The summed E-state index contributed by atoms with van der Waals surface area (Å²) in [5.74, 6) is 1.19. The van der Waals surface area contributed by atoms with Crippen molar-refractivity contribution in [2.24, 2.45) is 0 Å². The maximum atomic E-state index is 14.0. The third kappa shape index (κ3) is 4.16. The highest BCUT2D eigenvalue weighted by Gasteiger charge is 2.34. The zero-order valence-corrected chi connectivity index (χ0v) is 18.4. The molecule has 2 heterocycles. The van der Waals surface area contributed by atoms with Gasteiger partial charge in [0.1, 0.15) is 11.6 Å². The van der Waals surface area contributed by atoms with Gasteiger partial charge in [-0.25, -0.2) is 4.39 Å². The largest absolute Gasteiger partial charge is 0.497 e. The van der Waals surface area contributed by atoms with E-state index < -0.39 is 6.04 Å². The number of benzene rings is 2. The third-order valence-corrected chi connectivity index (χ3v) is 5.55. The SMILES string of the molecule is CCCN1C(=S)NC(c2cccc(F)c2)C(c2nc(-c3cccc(OC)c3)no2)=C1C. The molecule has 2 aromatic carbocycles. The number of nitrogens with zero attached hydrogens (tertiary/aromatic N) is 3. The summed E-state index contributed by atoms with van der Waals surface area (Å²) >= 11 is 5.60. The van der Waals surface area contributed by atoms with Crippen LogP contribution in [0, 0.1) is 5.82 Å². The summed E-state index contributed by atoms with van der Waals surface area (Å²) in [6.07, 6.45) is 0.913. The summed E-state index contributed by atoms with van der Waals surface area (Å²) in [5.41, 5.74) is 3.18. The fourth-order valence-electron chi connectivity index (χ4n) is 3.70. The second-order valence-electron chi connectivity index (χ2n) is 7.24. The summed E-state index contributed by atoms with van der Waals surface area (Å²) < 4.78 is 25.0. The summed E-state index contributed by atoms with van der Waals surface area (Å²) in [7, 11) is 1.61. The number of ether oxygens (including phenoxy) is 1. The maximum absolute atomic E-state index is 14.0. The van der Waals surface area contributed by atoms with E-state index in [0.29, 0.717) is 22.6 Å². The second kappa shape index (κ2) is 8.85. The molecule has 0 saturated carbocycles. The lowest BCUT2D eigenvalue weighted by atomic mass is 9.94. The van der Waals surface area contributed by atoms with Gasteiger partial charge in [-0.05, 0) is 55.4 Å². The van der Waals surface area contributed by atoms with Gasteiger partial charge in [-0.2, -0.15) is 4.98 Å². The van der Waals surface area contributed by atoms with Gasteiger partial charge < -0.3 is 19.5 Å². The highest BCUT2D eigenvalue weighted by atomic mass is 32.1. The Bertz CT molecular complexity index is 1140. The second-order valence-corrected chi connectivity index (χ2v) is 7.63. The lowest BCUT2D eigenvalue weighted by Gasteiger charge is -2.37. The van der Waals surface area contributed by atoms with Gasteiger partial charge in [-0.15, -0.1) is 0 Å². The molecule has 0 radical (unpaired) electrons. The zero-order valence-electron chi connectivity index (χ0n) is 17.6. The molecule has 0 amide bonds. The number of hydrogen-bond donors (Lipinski definition) is 1. The number of hydrogen-bond acceptors (Lipinski definition) is 5. The number of allylic oxidation sites excluding steroid dienone is 1. The maximum Gasteiger partial charge on any atom is 0.258 e. The average molecular weight is 439 g/mol. The first-order chi connectivity index (χ1) is 15.0. The molecule has 8 heteroatoms. The molecule has 31 heavy (non-hydrogen) atoms. The Hall–Kier alpha value is -3.26. The molecular weight excluding hydrogens is 415 g/mol. The molecule has 1 atom stereocenters. The van der Waals surface area contributed by atoms with Crippen molar-refractivity contribution in [3.05, 3.63) is 71.5 Å². The van der Waals surface area contributed by atoms with Crippen LogP contribution in [0.1, 0.15) is 37.8 Å². The van der Waals surface area contributed by atoms with Crippen LogP contribution in [0.15, 0.2) is 58.8 Å². The molecule has 1 aliphatic rings. The van der Waals surface area contributed by atoms with Gasteiger partial charge >= 0.3 is 0 Å². The van der Waals surface area contributed by atoms with Gasteiger partial charge in [0.05, 0.1) is 18.7 Å². The van der Waals surface area contributed by atoms with Crippen LogP contribution in [0.5, 0.6) is 5.75 Å². The Kier molecular flexibility index (Phi) is 5.99. The first kappa shape index (κ1) is 21.0. The van der Waals surface area contributed by atoms with E-state index in [4.69, 9.17) is 21.5 Å². The number of nitrogens with one attached hydrogen (secondary N) is 1. The Balaban J connectivity index is 1.81. The van der Waals surface area contributed by atoms with Crippen molar-refractivity contribution in [3.63, 3.8) is 0 Å². The Morgan fingerprint density at radius 1 is 1.23 bits per heavy atom. The van der Waals surface area contributed by atoms with Crippen LogP contribution in [0.2, 0.25) is 0 Å². The van der Waals surface area contributed by atoms with E-state index in [2.05, 4.69) is 22.4 Å². The predicted molar refractivity (Wildman–Crippen MR) is 121 cm³/mol. The van der Waals surface area contributed by atoms with Crippen molar-refractivity contribution in [2.75, 3.05) is 13.7 Å². The topological polar surface area (TPSA) is 63.4 Å². The summed E-state index contributed by atoms with van der Waals surface area (Å²) in [4.78, 5) is 6.66. The molecular formula is C23H23FN4O2S. The van der Waals surface area contributed by atoms with E-state index in [9.17, 15) is 4.39 Å². The van der Waals surface area contributed by atoms with E-state index >= 15 is 0 Å². The van der Waals surface area contributed by atoms with Crippen LogP contribution in [0.3, 0.4) is 0 Å². The van der Waals surface area contributed by atoms with Crippen molar-refractivity contribution in [1.29, 1.82) is 0 Å². The van der Waals surface area contributed by atoms with Crippen LogP contribution < -0.4 is 10.1 Å². The molecule has 1 aromatic heterocycles. The van der Waals surface area contributed by atoms with Crippen LogP contribution >= 0.6 is 12.2 Å². The predicted octanol–water partition coefficient (Wildman–Crippen LogP) is 4.96. The van der Waals surface area contributed by atoms with E-state index in [1.807, 2.05) is 42.2 Å².